The molecule has 0 saturated carbocycles. The van der Waals surface area contributed by atoms with Crippen molar-refractivity contribution < 1.29 is 0 Å². The lowest BCUT2D eigenvalue weighted by Crippen LogP contribution is -1.84. The number of hydrogen-bond acceptors (Lipinski definition) is 0. The van der Waals surface area contributed by atoms with Gasteiger partial charge in [0.1, 0.15) is 0 Å². The largest absolute Gasteiger partial charge is 0.0876 e. The van der Waals surface area contributed by atoms with Crippen LogP contribution >= 0.6 is 31.9 Å². The second-order valence-corrected chi connectivity index (χ2v) is 4.20. The van der Waals surface area contributed by atoms with Gasteiger partial charge in [-0.05, 0) is 17.2 Å². The molecule has 0 aliphatic carbocycles. The summed E-state index contributed by atoms with van der Waals surface area (Å²) >= 11 is 6.77. The van der Waals surface area contributed by atoms with Gasteiger partial charge in [-0.3, -0.25) is 0 Å². The molecule has 0 nitrogen and oxygen atoms in total. The van der Waals surface area contributed by atoms with Gasteiger partial charge in [0.25, 0.3) is 0 Å². The highest BCUT2D eigenvalue weighted by atomic mass is 79.9. The Morgan fingerprint density at radius 1 is 1.31 bits per heavy atom. The predicted octanol–water partition coefficient (Wildman–Crippen LogP) is 4.37. The minimum Gasteiger partial charge on any atom is -0.0876 e. The summed E-state index contributed by atoms with van der Waals surface area (Å²) in [6, 6.07) is 10.2. The molecule has 0 unspecified atom stereocenters. The standard InChI is InChI=1S/C11H10Br2/c1-9(13)7-11(8-12)10-5-3-2-4-6-10/h2-7H,1,8H2/b11-7+. The van der Waals surface area contributed by atoms with Crippen LogP contribution in [0, 0.1) is 0 Å². The molecule has 68 valence electrons. The molecule has 0 radical (unpaired) electrons. The summed E-state index contributed by atoms with van der Waals surface area (Å²) in [5.41, 5.74) is 2.45. The zero-order chi connectivity index (χ0) is 9.68. The van der Waals surface area contributed by atoms with E-state index in [4.69, 9.17) is 0 Å². The molecule has 2 heteroatoms. The highest BCUT2D eigenvalue weighted by Crippen LogP contribution is 2.19. The molecule has 13 heavy (non-hydrogen) atoms. The monoisotopic (exact) mass is 300 g/mol. The van der Waals surface area contributed by atoms with Gasteiger partial charge in [0.2, 0.25) is 0 Å². The SMILES string of the molecule is C=C(Br)/C=C(\CBr)c1ccccc1. The molecule has 0 saturated heterocycles. The molecule has 0 N–H and O–H groups in total. The average Bonchev–Trinajstić information content (AvgIpc) is 2.15. The third kappa shape index (κ3) is 3.49. The van der Waals surface area contributed by atoms with Crippen LogP contribution in [0.4, 0.5) is 0 Å². The van der Waals surface area contributed by atoms with E-state index in [-0.39, 0.29) is 0 Å². The summed E-state index contributed by atoms with van der Waals surface area (Å²) in [6.45, 7) is 3.79. The molecule has 1 rings (SSSR count). The van der Waals surface area contributed by atoms with Crippen molar-refractivity contribution in [3.63, 3.8) is 0 Å². The van der Waals surface area contributed by atoms with E-state index in [1.165, 1.54) is 11.1 Å². The van der Waals surface area contributed by atoms with Crippen LogP contribution in [0.5, 0.6) is 0 Å². The lowest BCUT2D eigenvalue weighted by Gasteiger charge is -2.02. The first-order valence-electron chi connectivity index (χ1n) is 3.90. The third-order valence-electron chi connectivity index (χ3n) is 1.62. The minimum absolute atomic E-state index is 0.835. The molecule has 0 aliphatic rings. The van der Waals surface area contributed by atoms with E-state index in [1.54, 1.807) is 0 Å². The maximum absolute atomic E-state index is 3.79. The summed E-state index contributed by atoms with van der Waals surface area (Å²) in [4.78, 5) is 0. The summed E-state index contributed by atoms with van der Waals surface area (Å²) in [5.74, 6) is 0. The molecule has 0 fully saturated rings. The van der Waals surface area contributed by atoms with Crippen molar-refractivity contribution in [3.8, 4) is 0 Å². The Labute approximate surface area is 95.6 Å². The molecule has 1 aromatic rings. The van der Waals surface area contributed by atoms with Crippen molar-refractivity contribution in [3.05, 3.63) is 53.0 Å². The van der Waals surface area contributed by atoms with Gasteiger partial charge >= 0.3 is 0 Å². The lowest BCUT2D eigenvalue weighted by molar-refractivity contribution is 1.58. The van der Waals surface area contributed by atoms with Crippen molar-refractivity contribution >= 4 is 37.4 Å². The average molecular weight is 302 g/mol. The van der Waals surface area contributed by atoms with E-state index in [9.17, 15) is 0 Å². The maximum atomic E-state index is 3.79. The Bertz CT molecular complexity index is 312. The van der Waals surface area contributed by atoms with Crippen molar-refractivity contribution in [1.29, 1.82) is 0 Å². The third-order valence-corrected chi connectivity index (χ3v) is 2.45. The number of allylic oxidation sites excluding steroid dienone is 3. The quantitative estimate of drug-likeness (QED) is 0.574. The first kappa shape index (κ1) is 10.7. The highest BCUT2D eigenvalue weighted by molar-refractivity contribution is 9.11. The molecule has 0 bridgehead atoms. The zero-order valence-electron chi connectivity index (χ0n) is 7.13. The maximum Gasteiger partial charge on any atom is 0.0289 e. The summed E-state index contributed by atoms with van der Waals surface area (Å²) in [6.07, 6.45) is 2.02. The Hall–Kier alpha value is -0.340. The van der Waals surface area contributed by atoms with Crippen LogP contribution in [0.25, 0.3) is 5.57 Å². The molecule has 0 aliphatic heterocycles. The van der Waals surface area contributed by atoms with Crippen molar-refractivity contribution in [2.24, 2.45) is 0 Å². The Morgan fingerprint density at radius 2 is 1.92 bits per heavy atom. The van der Waals surface area contributed by atoms with Crippen molar-refractivity contribution in [2.75, 3.05) is 5.33 Å². The van der Waals surface area contributed by atoms with Crippen LogP contribution in [0.15, 0.2) is 47.5 Å². The zero-order valence-corrected chi connectivity index (χ0v) is 10.3. The Balaban J connectivity index is 2.98. The van der Waals surface area contributed by atoms with E-state index in [0.717, 1.165) is 9.81 Å². The fourth-order valence-corrected chi connectivity index (χ4v) is 1.80. The molecular weight excluding hydrogens is 292 g/mol. The number of rotatable bonds is 3. The molecular formula is C11H10Br2. The highest BCUT2D eigenvalue weighted by Gasteiger charge is 1.98. The van der Waals surface area contributed by atoms with Crippen LogP contribution < -0.4 is 0 Å². The van der Waals surface area contributed by atoms with E-state index in [1.807, 2.05) is 24.3 Å². The molecule has 1 aromatic carbocycles. The van der Waals surface area contributed by atoms with Crippen molar-refractivity contribution in [1.82, 2.24) is 0 Å². The molecule has 0 spiro atoms. The summed E-state index contributed by atoms with van der Waals surface area (Å²) in [7, 11) is 0. The van der Waals surface area contributed by atoms with Crippen LogP contribution in [-0.2, 0) is 0 Å². The topological polar surface area (TPSA) is 0 Å². The second-order valence-electron chi connectivity index (χ2n) is 2.62. The smallest absolute Gasteiger partial charge is 0.0289 e. The van der Waals surface area contributed by atoms with Crippen LogP contribution in [-0.4, -0.2) is 5.33 Å². The minimum atomic E-state index is 0.835. The first-order valence-corrected chi connectivity index (χ1v) is 5.82. The van der Waals surface area contributed by atoms with Crippen LogP contribution in [0.1, 0.15) is 5.56 Å². The lowest BCUT2D eigenvalue weighted by atomic mass is 10.1. The number of benzene rings is 1. The fourth-order valence-electron chi connectivity index (χ4n) is 1.04. The van der Waals surface area contributed by atoms with E-state index in [2.05, 4.69) is 50.6 Å². The second kappa shape index (κ2) is 5.40. The number of hydrogen-bond donors (Lipinski definition) is 0. The Kier molecular flexibility index (Phi) is 4.46. The first-order chi connectivity index (χ1) is 6.24. The van der Waals surface area contributed by atoms with Crippen LogP contribution in [0.2, 0.25) is 0 Å². The summed E-state index contributed by atoms with van der Waals surface area (Å²) in [5, 5.41) is 0.835. The van der Waals surface area contributed by atoms with Crippen molar-refractivity contribution in [2.45, 2.75) is 0 Å². The van der Waals surface area contributed by atoms with Gasteiger partial charge in [0, 0.05) is 9.81 Å². The fraction of sp³-hybridized carbons (Fsp3) is 0.0909. The van der Waals surface area contributed by atoms with Gasteiger partial charge in [-0.25, -0.2) is 0 Å². The Morgan fingerprint density at radius 3 is 2.38 bits per heavy atom. The van der Waals surface area contributed by atoms with Gasteiger partial charge in [0.05, 0.1) is 0 Å². The van der Waals surface area contributed by atoms with Crippen LogP contribution in [0.3, 0.4) is 0 Å². The predicted molar refractivity (Wildman–Crippen MR) is 66.3 cm³/mol. The van der Waals surface area contributed by atoms with Gasteiger partial charge in [0.15, 0.2) is 0 Å². The van der Waals surface area contributed by atoms with E-state index >= 15 is 0 Å². The number of alkyl halides is 1. The van der Waals surface area contributed by atoms with Gasteiger partial charge < -0.3 is 0 Å². The van der Waals surface area contributed by atoms with Gasteiger partial charge in [-0.2, -0.15) is 0 Å². The summed E-state index contributed by atoms with van der Waals surface area (Å²) < 4.78 is 0.894. The van der Waals surface area contributed by atoms with Gasteiger partial charge in [-0.15, -0.1) is 0 Å². The molecule has 0 aromatic heterocycles. The molecule has 0 heterocycles. The molecule has 0 amide bonds. The van der Waals surface area contributed by atoms with E-state index in [0.29, 0.717) is 0 Å². The number of halogens is 2. The normalized spacial score (nSPS) is 11.4. The van der Waals surface area contributed by atoms with E-state index < -0.39 is 0 Å². The van der Waals surface area contributed by atoms with Gasteiger partial charge in [-0.1, -0.05) is 68.8 Å². The molecule has 0 atom stereocenters.